The molecular formula is C13H12BrClN2OS. The number of anilines is 1. The Morgan fingerprint density at radius 2 is 2.26 bits per heavy atom. The lowest BCUT2D eigenvalue weighted by molar-refractivity contribution is 0.0786. The average molecular weight is 360 g/mol. The largest absolute Gasteiger partial charge is 0.398 e. The number of rotatable bonds is 3. The van der Waals surface area contributed by atoms with Gasteiger partial charge in [-0.3, -0.25) is 4.79 Å². The second kappa shape index (κ2) is 5.94. The van der Waals surface area contributed by atoms with E-state index >= 15 is 0 Å². The maximum Gasteiger partial charge on any atom is 0.255 e. The molecule has 19 heavy (non-hydrogen) atoms. The second-order valence-electron chi connectivity index (χ2n) is 4.10. The van der Waals surface area contributed by atoms with E-state index in [4.69, 9.17) is 17.3 Å². The molecule has 100 valence electrons. The molecular weight excluding hydrogens is 348 g/mol. The van der Waals surface area contributed by atoms with Crippen molar-refractivity contribution in [3.05, 3.63) is 49.6 Å². The van der Waals surface area contributed by atoms with Gasteiger partial charge < -0.3 is 10.6 Å². The Bertz CT molecular complexity index is 614. The smallest absolute Gasteiger partial charge is 0.255 e. The molecule has 0 aliphatic rings. The van der Waals surface area contributed by atoms with Gasteiger partial charge in [0.2, 0.25) is 0 Å². The Kier molecular flexibility index (Phi) is 4.50. The monoisotopic (exact) mass is 358 g/mol. The molecule has 0 unspecified atom stereocenters. The van der Waals surface area contributed by atoms with E-state index in [-0.39, 0.29) is 5.91 Å². The normalized spacial score (nSPS) is 10.5. The molecule has 1 heterocycles. The lowest BCUT2D eigenvalue weighted by Gasteiger charge is -2.17. The van der Waals surface area contributed by atoms with Crippen molar-refractivity contribution < 1.29 is 4.79 Å². The number of nitrogen functional groups attached to an aromatic ring is 1. The van der Waals surface area contributed by atoms with Crippen LogP contribution in [0.3, 0.4) is 0 Å². The molecule has 1 aromatic carbocycles. The van der Waals surface area contributed by atoms with Gasteiger partial charge in [-0.05, 0) is 34.1 Å². The zero-order valence-electron chi connectivity index (χ0n) is 10.2. The summed E-state index contributed by atoms with van der Waals surface area (Å²) in [6.45, 7) is 0.542. The minimum absolute atomic E-state index is 0.137. The predicted octanol–water partition coefficient (Wildman–Crippen LogP) is 4.02. The molecule has 2 N–H and O–H groups in total. The summed E-state index contributed by atoms with van der Waals surface area (Å²) < 4.78 is 1.02. The third kappa shape index (κ3) is 3.29. The van der Waals surface area contributed by atoms with Crippen LogP contribution in [0.25, 0.3) is 0 Å². The van der Waals surface area contributed by atoms with E-state index in [0.29, 0.717) is 22.8 Å². The van der Waals surface area contributed by atoms with Crippen molar-refractivity contribution in [2.24, 2.45) is 0 Å². The number of nitrogens with zero attached hydrogens (tertiary/aromatic N) is 1. The van der Waals surface area contributed by atoms with Gasteiger partial charge in [0.1, 0.15) is 0 Å². The van der Waals surface area contributed by atoms with E-state index in [2.05, 4.69) is 15.9 Å². The van der Waals surface area contributed by atoms with Crippen LogP contribution < -0.4 is 5.73 Å². The van der Waals surface area contributed by atoms with Crippen molar-refractivity contribution in [1.82, 2.24) is 4.90 Å². The van der Waals surface area contributed by atoms with Crippen LogP contribution >= 0.6 is 38.9 Å². The molecule has 0 atom stereocenters. The van der Waals surface area contributed by atoms with E-state index in [1.165, 1.54) is 0 Å². The topological polar surface area (TPSA) is 46.3 Å². The van der Waals surface area contributed by atoms with Crippen LogP contribution in [0.4, 0.5) is 5.69 Å². The van der Waals surface area contributed by atoms with Gasteiger partial charge in [0.25, 0.3) is 5.91 Å². The van der Waals surface area contributed by atoms with Crippen LogP contribution in [0, 0.1) is 0 Å². The molecule has 6 heteroatoms. The highest BCUT2D eigenvalue weighted by Crippen LogP contribution is 2.25. The van der Waals surface area contributed by atoms with Gasteiger partial charge in [0.05, 0.1) is 22.8 Å². The van der Waals surface area contributed by atoms with Crippen molar-refractivity contribution in [2.45, 2.75) is 6.54 Å². The van der Waals surface area contributed by atoms with Gasteiger partial charge in [0.15, 0.2) is 0 Å². The fraction of sp³-hybridized carbons (Fsp3) is 0.154. The van der Waals surface area contributed by atoms with E-state index in [1.807, 2.05) is 11.4 Å². The zero-order chi connectivity index (χ0) is 14.0. The second-order valence-corrected chi connectivity index (χ2v) is 6.39. The molecule has 2 aromatic rings. The first-order chi connectivity index (χ1) is 8.99. The number of benzene rings is 1. The van der Waals surface area contributed by atoms with Crippen LogP contribution in [0.1, 0.15) is 15.2 Å². The van der Waals surface area contributed by atoms with Gasteiger partial charge >= 0.3 is 0 Å². The lowest BCUT2D eigenvalue weighted by Crippen LogP contribution is -2.26. The Balaban J connectivity index is 2.17. The Hall–Kier alpha value is -1.04. The van der Waals surface area contributed by atoms with Crippen LogP contribution in [0.5, 0.6) is 0 Å². The first-order valence-electron chi connectivity index (χ1n) is 5.51. The SMILES string of the molecule is CN(Cc1cc(Br)cs1)C(=O)c1cccc(N)c1Cl. The number of amides is 1. The quantitative estimate of drug-likeness (QED) is 0.841. The highest BCUT2D eigenvalue weighted by Gasteiger charge is 2.17. The van der Waals surface area contributed by atoms with Crippen LogP contribution in [-0.4, -0.2) is 17.9 Å². The highest BCUT2D eigenvalue weighted by molar-refractivity contribution is 9.10. The minimum Gasteiger partial charge on any atom is -0.398 e. The number of carbonyl (C=O) groups is 1. The van der Waals surface area contributed by atoms with E-state index in [9.17, 15) is 4.79 Å². The maximum atomic E-state index is 12.3. The molecule has 0 saturated carbocycles. The average Bonchev–Trinajstić information content (AvgIpc) is 2.77. The fourth-order valence-electron chi connectivity index (χ4n) is 1.66. The van der Waals surface area contributed by atoms with Crippen LogP contribution in [0.15, 0.2) is 34.1 Å². The summed E-state index contributed by atoms with van der Waals surface area (Å²) in [6.07, 6.45) is 0. The number of hydrogen-bond acceptors (Lipinski definition) is 3. The van der Waals surface area contributed by atoms with E-state index in [0.717, 1.165) is 9.35 Å². The number of thiophene rings is 1. The number of carbonyl (C=O) groups excluding carboxylic acids is 1. The molecule has 1 amide bonds. The summed E-state index contributed by atoms with van der Waals surface area (Å²) in [6, 6.07) is 7.08. The third-order valence-corrected chi connectivity index (χ3v) is 4.72. The van der Waals surface area contributed by atoms with Gasteiger partial charge in [-0.1, -0.05) is 17.7 Å². The Labute approximate surface area is 129 Å². The van der Waals surface area contributed by atoms with E-state index < -0.39 is 0 Å². The molecule has 1 aromatic heterocycles. The fourth-order valence-corrected chi connectivity index (χ4v) is 3.37. The number of nitrogens with two attached hydrogens (primary N) is 1. The molecule has 3 nitrogen and oxygen atoms in total. The van der Waals surface area contributed by atoms with Gasteiger partial charge in [-0.25, -0.2) is 0 Å². The summed E-state index contributed by atoms with van der Waals surface area (Å²) >= 11 is 11.1. The first kappa shape index (κ1) is 14.4. The molecule has 0 spiro atoms. The summed E-state index contributed by atoms with van der Waals surface area (Å²) in [5.74, 6) is -0.137. The molecule has 0 radical (unpaired) electrons. The first-order valence-corrected chi connectivity index (χ1v) is 7.56. The molecule has 0 aliphatic heterocycles. The van der Waals surface area contributed by atoms with Crippen LogP contribution in [0.2, 0.25) is 5.02 Å². The van der Waals surface area contributed by atoms with Crippen molar-refractivity contribution in [3.8, 4) is 0 Å². The number of halogens is 2. The maximum absolute atomic E-state index is 12.3. The summed E-state index contributed by atoms with van der Waals surface area (Å²) in [5, 5.41) is 2.30. The van der Waals surface area contributed by atoms with Crippen molar-refractivity contribution in [2.75, 3.05) is 12.8 Å². The number of hydrogen-bond donors (Lipinski definition) is 1. The Morgan fingerprint density at radius 3 is 2.89 bits per heavy atom. The van der Waals surface area contributed by atoms with Crippen molar-refractivity contribution in [1.29, 1.82) is 0 Å². The molecule has 0 fully saturated rings. The van der Waals surface area contributed by atoms with Gasteiger partial charge in [-0.2, -0.15) is 0 Å². The van der Waals surface area contributed by atoms with Gasteiger partial charge in [-0.15, -0.1) is 11.3 Å². The summed E-state index contributed by atoms with van der Waals surface area (Å²) in [7, 11) is 1.75. The van der Waals surface area contributed by atoms with E-state index in [1.54, 1.807) is 41.5 Å². The van der Waals surface area contributed by atoms with Gasteiger partial charge in [0, 0.05) is 21.8 Å². The van der Waals surface area contributed by atoms with Crippen LogP contribution in [-0.2, 0) is 6.54 Å². The minimum atomic E-state index is -0.137. The lowest BCUT2D eigenvalue weighted by atomic mass is 10.1. The molecule has 2 rings (SSSR count). The third-order valence-electron chi connectivity index (χ3n) is 2.62. The standard InChI is InChI=1S/C13H12BrClN2OS/c1-17(6-9-5-8(14)7-19-9)13(18)10-3-2-4-11(16)12(10)15/h2-5,7H,6,16H2,1H3. The molecule has 0 saturated heterocycles. The Morgan fingerprint density at radius 1 is 1.53 bits per heavy atom. The summed E-state index contributed by atoms with van der Waals surface area (Å²) in [5.41, 5.74) is 6.55. The summed E-state index contributed by atoms with van der Waals surface area (Å²) in [4.78, 5) is 15.0. The predicted molar refractivity (Wildman–Crippen MR) is 83.7 cm³/mol. The molecule has 0 bridgehead atoms. The zero-order valence-corrected chi connectivity index (χ0v) is 13.3. The van der Waals surface area contributed by atoms with Crippen molar-refractivity contribution >= 4 is 50.5 Å². The highest BCUT2D eigenvalue weighted by atomic mass is 79.9. The van der Waals surface area contributed by atoms with Crippen molar-refractivity contribution in [3.63, 3.8) is 0 Å². The molecule has 0 aliphatic carbocycles.